The van der Waals surface area contributed by atoms with E-state index in [2.05, 4.69) is 15.6 Å². The van der Waals surface area contributed by atoms with Crippen LogP contribution in [-0.4, -0.2) is 23.0 Å². The van der Waals surface area contributed by atoms with Crippen molar-refractivity contribution >= 4 is 28.6 Å². The fraction of sp³-hybridized carbons (Fsp3) is 0.185. The minimum Gasteiger partial charge on any atom is -0.445 e. The maximum Gasteiger partial charge on any atom is 0.408 e. The lowest BCUT2D eigenvalue weighted by atomic mass is 10.0. The third-order valence-electron chi connectivity index (χ3n) is 5.65. The standard InChI is InChI=1S/C27H27N3O3/c1-18-9-8-10-19(2)25(18)30-26(31)24(15-21-16-28-23-14-7-6-13-22(21)23)29-27(32)33-17-20-11-4-3-5-12-20/h3-14,16,24,28H,15,17H2,1-2H3,(H,29,32)(H,30,31)/t24-/m0/s1. The smallest absolute Gasteiger partial charge is 0.408 e. The SMILES string of the molecule is Cc1cccc(C)c1NC(=O)[C@H](Cc1c[nH]c2ccccc12)NC(=O)OCc1ccccc1. The molecule has 168 valence electrons. The van der Waals surface area contributed by atoms with Crippen molar-refractivity contribution in [1.29, 1.82) is 0 Å². The summed E-state index contributed by atoms with van der Waals surface area (Å²) < 4.78 is 5.38. The number of para-hydroxylation sites is 2. The summed E-state index contributed by atoms with van der Waals surface area (Å²) in [5.41, 5.74) is 5.47. The number of amides is 2. The van der Waals surface area contributed by atoms with E-state index in [1.165, 1.54) is 0 Å². The molecule has 3 N–H and O–H groups in total. The number of anilines is 1. The molecule has 0 aliphatic heterocycles. The van der Waals surface area contributed by atoms with Crippen molar-refractivity contribution in [1.82, 2.24) is 10.3 Å². The molecule has 3 aromatic carbocycles. The van der Waals surface area contributed by atoms with Crippen LogP contribution in [0.25, 0.3) is 10.9 Å². The van der Waals surface area contributed by atoms with E-state index < -0.39 is 12.1 Å². The van der Waals surface area contributed by atoms with Crippen LogP contribution in [0.1, 0.15) is 22.3 Å². The quantitative estimate of drug-likeness (QED) is 0.366. The highest BCUT2D eigenvalue weighted by atomic mass is 16.5. The average molecular weight is 442 g/mol. The van der Waals surface area contributed by atoms with Crippen molar-refractivity contribution in [3.8, 4) is 0 Å². The lowest BCUT2D eigenvalue weighted by Gasteiger charge is -2.20. The van der Waals surface area contributed by atoms with Gasteiger partial charge in [0, 0.05) is 29.2 Å². The fourth-order valence-corrected chi connectivity index (χ4v) is 3.86. The van der Waals surface area contributed by atoms with Gasteiger partial charge >= 0.3 is 6.09 Å². The largest absolute Gasteiger partial charge is 0.445 e. The minimum absolute atomic E-state index is 0.130. The predicted octanol–water partition coefficient (Wildman–Crippen LogP) is 5.26. The summed E-state index contributed by atoms with van der Waals surface area (Å²) in [7, 11) is 0. The number of aryl methyl sites for hydroxylation is 2. The van der Waals surface area contributed by atoms with Gasteiger partial charge in [-0.3, -0.25) is 4.79 Å². The van der Waals surface area contributed by atoms with Gasteiger partial charge in [-0.1, -0.05) is 66.7 Å². The fourth-order valence-electron chi connectivity index (χ4n) is 3.86. The highest BCUT2D eigenvalue weighted by Gasteiger charge is 2.24. The molecular formula is C27H27N3O3. The number of fused-ring (bicyclic) bond motifs is 1. The van der Waals surface area contributed by atoms with E-state index in [4.69, 9.17) is 4.74 Å². The second-order valence-electron chi connectivity index (χ2n) is 8.08. The Kier molecular flexibility index (Phi) is 6.74. The van der Waals surface area contributed by atoms with Crippen LogP contribution in [0, 0.1) is 13.8 Å². The van der Waals surface area contributed by atoms with Crippen LogP contribution in [0.4, 0.5) is 10.5 Å². The van der Waals surface area contributed by atoms with Crippen LogP contribution in [0.3, 0.4) is 0 Å². The van der Waals surface area contributed by atoms with Crippen LogP contribution >= 0.6 is 0 Å². The van der Waals surface area contributed by atoms with E-state index in [-0.39, 0.29) is 12.5 Å². The Balaban J connectivity index is 1.53. The second-order valence-corrected chi connectivity index (χ2v) is 8.08. The summed E-state index contributed by atoms with van der Waals surface area (Å²) in [6, 6.07) is 22.3. The molecule has 0 saturated heterocycles. The Morgan fingerprint density at radius 1 is 0.909 bits per heavy atom. The summed E-state index contributed by atoms with van der Waals surface area (Å²) in [5.74, 6) is -0.297. The van der Waals surface area contributed by atoms with Gasteiger partial charge < -0.3 is 20.4 Å². The number of ether oxygens (including phenoxy) is 1. The Bertz CT molecular complexity index is 1240. The van der Waals surface area contributed by atoms with Crippen molar-refractivity contribution in [2.45, 2.75) is 32.9 Å². The van der Waals surface area contributed by atoms with E-state index in [1.807, 2.05) is 92.8 Å². The molecule has 6 nitrogen and oxygen atoms in total. The van der Waals surface area contributed by atoms with Gasteiger partial charge in [0.2, 0.25) is 5.91 Å². The lowest BCUT2D eigenvalue weighted by molar-refractivity contribution is -0.118. The van der Waals surface area contributed by atoms with Crippen molar-refractivity contribution in [2.24, 2.45) is 0 Å². The van der Waals surface area contributed by atoms with E-state index in [1.54, 1.807) is 0 Å². The third kappa shape index (κ3) is 5.41. The number of H-pyrrole nitrogens is 1. The van der Waals surface area contributed by atoms with Gasteiger partial charge in [-0.25, -0.2) is 4.79 Å². The molecule has 4 aromatic rings. The molecule has 33 heavy (non-hydrogen) atoms. The molecule has 4 rings (SSSR count). The van der Waals surface area contributed by atoms with Gasteiger partial charge in [-0.05, 0) is 42.2 Å². The van der Waals surface area contributed by atoms with E-state index in [9.17, 15) is 9.59 Å². The van der Waals surface area contributed by atoms with Crippen molar-refractivity contribution in [2.75, 3.05) is 5.32 Å². The molecule has 0 spiro atoms. The molecule has 0 aliphatic carbocycles. The molecule has 0 unspecified atom stereocenters. The number of rotatable bonds is 7. The number of nitrogens with one attached hydrogen (secondary N) is 3. The minimum atomic E-state index is -0.813. The molecule has 0 aliphatic rings. The molecular weight excluding hydrogens is 414 g/mol. The number of carbonyl (C=O) groups is 2. The third-order valence-corrected chi connectivity index (χ3v) is 5.65. The van der Waals surface area contributed by atoms with E-state index in [0.29, 0.717) is 6.42 Å². The monoisotopic (exact) mass is 441 g/mol. The van der Waals surface area contributed by atoms with Crippen LogP contribution < -0.4 is 10.6 Å². The Hall–Kier alpha value is -4.06. The molecule has 1 aromatic heterocycles. The molecule has 0 radical (unpaired) electrons. The average Bonchev–Trinajstić information content (AvgIpc) is 3.23. The maximum absolute atomic E-state index is 13.3. The highest BCUT2D eigenvalue weighted by Crippen LogP contribution is 2.22. The zero-order valence-electron chi connectivity index (χ0n) is 18.7. The summed E-state index contributed by atoms with van der Waals surface area (Å²) in [6.07, 6.45) is 1.56. The zero-order chi connectivity index (χ0) is 23.2. The second kappa shape index (κ2) is 10.0. The number of hydrogen-bond acceptors (Lipinski definition) is 3. The first-order valence-corrected chi connectivity index (χ1v) is 10.9. The van der Waals surface area contributed by atoms with E-state index in [0.717, 1.165) is 38.8 Å². The molecule has 6 heteroatoms. The van der Waals surface area contributed by atoms with Crippen LogP contribution in [0.2, 0.25) is 0 Å². The first-order valence-electron chi connectivity index (χ1n) is 10.9. The van der Waals surface area contributed by atoms with Gasteiger partial charge in [0.25, 0.3) is 0 Å². The van der Waals surface area contributed by atoms with Crippen molar-refractivity contribution in [3.05, 3.63) is 101 Å². The maximum atomic E-state index is 13.3. The van der Waals surface area contributed by atoms with Gasteiger partial charge in [0.15, 0.2) is 0 Å². The Morgan fingerprint density at radius 3 is 2.36 bits per heavy atom. The molecule has 0 fully saturated rings. The number of carbonyl (C=O) groups excluding carboxylic acids is 2. The molecule has 0 bridgehead atoms. The van der Waals surface area contributed by atoms with Gasteiger partial charge in [-0.15, -0.1) is 0 Å². The van der Waals surface area contributed by atoms with Crippen LogP contribution in [-0.2, 0) is 22.6 Å². The zero-order valence-corrected chi connectivity index (χ0v) is 18.7. The van der Waals surface area contributed by atoms with Crippen LogP contribution in [0.5, 0.6) is 0 Å². The Morgan fingerprint density at radius 2 is 1.61 bits per heavy atom. The topological polar surface area (TPSA) is 83.2 Å². The molecule has 2 amide bonds. The van der Waals surface area contributed by atoms with Gasteiger partial charge in [0.05, 0.1) is 0 Å². The predicted molar refractivity (Wildman–Crippen MR) is 130 cm³/mol. The van der Waals surface area contributed by atoms with E-state index >= 15 is 0 Å². The van der Waals surface area contributed by atoms with Crippen LogP contribution in [0.15, 0.2) is 79.0 Å². The summed E-state index contributed by atoms with van der Waals surface area (Å²) in [4.78, 5) is 29.1. The normalized spacial score (nSPS) is 11.7. The first-order chi connectivity index (χ1) is 16.0. The number of hydrogen-bond donors (Lipinski definition) is 3. The summed E-state index contributed by atoms with van der Waals surface area (Å²) >= 11 is 0. The summed E-state index contributed by atoms with van der Waals surface area (Å²) in [6.45, 7) is 4.02. The number of alkyl carbamates (subject to hydrolysis) is 1. The van der Waals surface area contributed by atoms with Gasteiger partial charge in [-0.2, -0.15) is 0 Å². The number of aromatic nitrogens is 1. The van der Waals surface area contributed by atoms with Gasteiger partial charge in [0.1, 0.15) is 12.6 Å². The summed E-state index contributed by atoms with van der Waals surface area (Å²) in [5, 5.41) is 6.78. The van der Waals surface area contributed by atoms with Crippen molar-refractivity contribution in [3.63, 3.8) is 0 Å². The lowest BCUT2D eigenvalue weighted by Crippen LogP contribution is -2.45. The highest BCUT2D eigenvalue weighted by molar-refractivity contribution is 5.98. The molecule has 1 heterocycles. The number of benzene rings is 3. The molecule has 1 atom stereocenters. The first kappa shape index (κ1) is 22.1. The number of aromatic amines is 1. The molecule has 0 saturated carbocycles. The van der Waals surface area contributed by atoms with Crippen molar-refractivity contribution < 1.29 is 14.3 Å². The Labute approximate surface area is 193 Å².